The van der Waals surface area contributed by atoms with E-state index >= 15 is 0 Å². The van der Waals surface area contributed by atoms with Crippen LogP contribution in [0.3, 0.4) is 0 Å². The van der Waals surface area contributed by atoms with Crippen LogP contribution >= 0.6 is 0 Å². The van der Waals surface area contributed by atoms with E-state index < -0.39 is 43.3 Å². The SMILES string of the molecule is Cc1ccc(C)c(NC(=O)C(OC(=O)c2ccc(S(C)(=O)=O)c([N+](=O)[O-])c2)c2ccccc2)c1. The van der Waals surface area contributed by atoms with E-state index in [1.165, 1.54) is 0 Å². The van der Waals surface area contributed by atoms with Gasteiger partial charge in [0.25, 0.3) is 11.6 Å². The van der Waals surface area contributed by atoms with Crippen molar-refractivity contribution in [2.24, 2.45) is 0 Å². The highest BCUT2D eigenvalue weighted by atomic mass is 32.2. The van der Waals surface area contributed by atoms with Gasteiger partial charge in [-0.3, -0.25) is 14.9 Å². The lowest BCUT2D eigenvalue weighted by atomic mass is 10.1. The summed E-state index contributed by atoms with van der Waals surface area (Å²) in [6.45, 7) is 3.69. The Labute approximate surface area is 196 Å². The van der Waals surface area contributed by atoms with Crippen molar-refractivity contribution in [3.8, 4) is 0 Å². The molecule has 0 radical (unpaired) electrons. The van der Waals surface area contributed by atoms with Gasteiger partial charge in [-0.25, -0.2) is 13.2 Å². The highest BCUT2D eigenvalue weighted by Gasteiger charge is 2.29. The van der Waals surface area contributed by atoms with Crippen molar-refractivity contribution in [1.82, 2.24) is 0 Å². The van der Waals surface area contributed by atoms with Crippen molar-refractivity contribution >= 4 is 33.1 Å². The summed E-state index contributed by atoms with van der Waals surface area (Å²) in [6.07, 6.45) is -0.529. The third kappa shape index (κ3) is 5.65. The van der Waals surface area contributed by atoms with Crippen LogP contribution in [-0.4, -0.2) is 31.5 Å². The van der Waals surface area contributed by atoms with E-state index in [1.807, 2.05) is 26.0 Å². The molecule has 3 rings (SSSR count). The van der Waals surface area contributed by atoms with E-state index in [0.717, 1.165) is 35.6 Å². The van der Waals surface area contributed by atoms with Crippen molar-refractivity contribution in [1.29, 1.82) is 0 Å². The third-order valence-corrected chi connectivity index (χ3v) is 6.15. The zero-order valence-corrected chi connectivity index (χ0v) is 19.5. The van der Waals surface area contributed by atoms with Gasteiger partial charge < -0.3 is 10.1 Å². The van der Waals surface area contributed by atoms with Crippen LogP contribution in [-0.2, 0) is 19.4 Å². The lowest BCUT2D eigenvalue weighted by Gasteiger charge is -2.19. The number of nitrogens with zero attached hydrogens (tertiary/aromatic N) is 1. The number of hydrogen-bond acceptors (Lipinski definition) is 7. The van der Waals surface area contributed by atoms with E-state index in [0.29, 0.717) is 11.3 Å². The van der Waals surface area contributed by atoms with Crippen LogP contribution in [0.25, 0.3) is 0 Å². The minimum Gasteiger partial charge on any atom is -0.444 e. The van der Waals surface area contributed by atoms with Gasteiger partial charge in [0.15, 0.2) is 9.84 Å². The molecule has 1 atom stereocenters. The van der Waals surface area contributed by atoms with Crippen LogP contribution in [0.15, 0.2) is 71.6 Å². The number of anilines is 1. The van der Waals surface area contributed by atoms with E-state index in [1.54, 1.807) is 36.4 Å². The van der Waals surface area contributed by atoms with Gasteiger partial charge >= 0.3 is 5.97 Å². The normalized spacial score (nSPS) is 12.0. The number of sulfone groups is 1. The first-order valence-corrected chi connectivity index (χ1v) is 12.0. The molecular formula is C24H22N2O7S. The molecule has 9 nitrogen and oxygen atoms in total. The maximum absolute atomic E-state index is 13.1. The summed E-state index contributed by atoms with van der Waals surface area (Å²) < 4.78 is 29.1. The molecule has 176 valence electrons. The van der Waals surface area contributed by atoms with Crippen LogP contribution in [0.2, 0.25) is 0 Å². The van der Waals surface area contributed by atoms with Gasteiger partial charge in [-0.2, -0.15) is 0 Å². The smallest absolute Gasteiger partial charge is 0.339 e. The number of aryl methyl sites for hydroxylation is 2. The quantitative estimate of drug-likeness (QED) is 0.304. The summed E-state index contributed by atoms with van der Waals surface area (Å²) in [4.78, 5) is 36.0. The molecule has 0 spiro atoms. The zero-order valence-electron chi connectivity index (χ0n) is 18.6. The summed E-state index contributed by atoms with van der Waals surface area (Å²) in [5.41, 5.74) is 1.65. The molecule has 0 aliphatic rings. The molecule has 0 heterocycles. The van der Waals surface area contributed by atoms with Crippen molar-refractivity contribution in [2.45, 2.75) is 24.8 Å². The number of amides is 1. The topological polar surface area (TPSA) is 133 Å². The van der Waals surface area contributed by atoms with Crippen LogP contribution < -0.4 is 5.32 Å². The number of nitro groups is 1. The minimum atomic E-state index is -3.90. The second-order valence-electron chi connectivity index (χ2n) is 7.72. The molecule has 1 unspecified atom stereocenters. The molecule has 34 heavy (non-hydrogen) atoms. The summed E-state index contributed by atoms with van der Waals surface area (Å²) in [5, 5.41) is 14.1. The number of rotatable bonds is 7. The minimum absolute atomic E-state index is 0.264. The first-order chi connectivity index (χ1) is 16.0. The Morgan fingerprint density at radius 2 is 1.68 bits per heavy atom. The van der Waals surface area contributed by atoms with Crippen molar-refractivity contribution in [3.05, 3.63) is 99.1 Å². The van der Waals surface area contributed by atoms with Gasteiger partial charge in [-0.15, -0.1) is 0 Å². The van der Waals surface area contributed by atoms with Crippen LogP contribution in [0, 0.1) is 24.0 Å². The summed E-state index contributed by atoms with van der Waals surface area (Å²) in [5.74, 6) is -1.64. The first-order valence-electron chi connectivity index (χ1n) is 10.1. The summed E-state index contributed by atoms with van der Waals surface area (Å²) in [6, 6.07) is 16.7. The van der Waals surface area contributed by atoms with Crippen molar-refractivity contribution in [2.75, 3.05) is 11.6 Å². The average molecular weight is 483 g/mol. The second kappa shape index (κ2) is 9.84. The molecule has 1 amide bonds. The lowest BCUT2D eigenvalue weighted by molar-refractivity contribution is -0.387. The Morgan fingerprint density at radius 1 is 1.00 bits per heavy atom. The van der Waals surface area contributed by atoms with Crippen LogP contribution in [0.4, 0.5) is 11.4 Å². The summed E-state index contributed by atoms with van der Waals surface area (Å²) >= 11 is 0. The predicted octanol–water partition coefficient (Wildman–Crippen LogP) is 4.15. The maximum atomic E-state index is 13.1. The largest absolute Gasteiger partial charge is 0.444 e. The van der Waals surface area contributed by atoms with Gasteiger partial charge in [-0.1, -0.05) is 42.5 Å². The molecule has 10 heteroatoms. The molecular weight excluding hydrogens is 460 g/mol. The van der Waals surface area contributed by atoms with Crippen molar-refractivity contribution < 1.29 is 27.7 Å². The zero-order chi connectivity index (χ0) is 25.0. The van der Waals surface area contributed by atoms with Gasteiger partial charge in [0.05, 0.1) is 10.5 Å². The summed E-state index contributed by atoms with van der Waals surface area (Å²) in [7, 11) is -3.90. The molecule has 0 saturated carbocycles. The van der Waals surface area contributed by atoms with E-state index in [2.05, 4.69) is 5.32 Å². The van der Waals surface area contributed by atoms with E-state index in [9.17, 15) is 28.1 Å². The number of carbonyl (C=O) groups is 2. The van der Waals surface area contributed by atoms with Gasteiger partial charge in [0, 0.05) is 23.6 Å². The number of carbonyl (C=O) groups excluding carboxylic acids is 2. The third-order valence-electron chi connectivity index (χ3n) is 5.01. The average Bonchev–Trinajstić information content (AvgIpc) is 2.79. The molecule has 0 fully saturated rings. The number of benzene rings is 3. The fourth-order valence-electron chi connectivity index (χ4n) is 3.25. The van der Waals surface area contributed by atoms with Gasteiger partial charge in [0.2, 0.25) is 6.10 Å². The monoisotopic (exact) mass is 482 g/mol. The Kier molecular flexibility index (Phi) is 7.11. The Bertz CT molecular complexity index is 1370. The molecule has 0 saturated heterocycles. The molecule has 0 aromatic heterocycles. The number of esters is 1. The van der Waals surface area contributed by atoms with Crippen molar-refractivity contribution in [3.63, 3.8) is 0 Å². The molecule has 0 bridgehead atoms. The fraction of sp³-hybridized carbons (Fsp3) is 0.167. The first kappa shape index (κ1) is 24.6. The Balaban J connectivity index is 1.95. The highest BCUT2D eigenvalue weighted by molar-refractivity contribution is 7.90. The number of ether oxygens (including phenoxy) is 1. The molecule has 3 aromatic rings. The Morgan fingerprint density at radius 3 is 2.29 bits per heavy atom. The fourth-order valence-corrected chi connectivity index (χ4v) is 4.07. The maximum Gasteiger partial charge on any atom is 0.339 e. The molecule has 0 aliphatic heterocycles. The van der Waals surface area contributed by atoms with E-state index in [4.69, 9.17) is 4.74 Å². The standard InChI is InChI=1S/C24H22N2O7S/c1-15-9-10-16(2)19(13-15)25-23(27)22(17-7-5-4-6-8-17)33-24(28)18-11-12-21(34(3,31)32)20(14-18)26(29)30/h4-14,22H,1-3H3,(H,25,27). The molecule has 1 N–H and O–H groups in total. The van der Waals surface area contributed by atoms with Crippen LogP contribution in [0.5, 0.6) is 0 Å². The van der Waals surface area contributed by atoms with Gasteiger partial charge in [0.1, 0.15) is 4.90 Å². The van der Waals surface area contributed by atoms with Crippen LogP contribution in [0.1, 0.15) is 33.2 Å². The van der Waals surface area contributed by atoms with E-state index in [-0.39, 0.29) is 5.56 Å². The Hall–Kier alpha value is -4.05. The molecule has 3 aromatic carbocycles. The number of hydrogen-bond donors (Lipinski definition) is 1. The number of nitro benzene ring substituents is 1. The highest BCUT2D eigenvalue weighted by Crippen LogP contribution is 2.28. The lowest BCUT2D eigenvalue weighted by Crippen LogP contribution is -2.26. The predicted molar refractivity (Wildman–Crippen MR) is 125 cm³/mol. The molecule has 0 aliphatic carbocycles. The number of nitrogens with one attached hydrogen (secondary N) is 1. The van der Waals surface area contributed by atoms with Gasteiger partial charge in [-0.05, 0) is 43.2 Å². The second-order valence-corrected chi connectivity index (χ2v) is 9.70.